The molecule has 2 fully saturated rings. The van der Waals surface area contributed by atoms with Crippen molar-refractivity contribution in [3.05, 3.63) is 23.8 Å². The zero-order chi connectivity index (χ0) is 22.0. The maximum atomic E-state index is 13.2. The van der Waals surface area contributed by atoms with Crippen LogP contribution in [0, 0.1) is 5.92 Å². The summed E-state index contributed by atoms with van der Waals surface area (Å²) in [6.07, 6.45) is 1.75. The molecule has 0 bridgehead atoms. The van der Waals surface area contributed by atoms with Gasteiger partial charge in [0.05, 0.1) is 24.1 Å². The number of fused-ring (bicyclic) bond motifs is 2. The number of hydrogen-bond acceptors (Lipinski definition) is 6. The number of nitrogens with one attached hydrogen (secondary N) is 1. The molecule has 9 nitrogen and oxygen atoms in total. The lowest BCUT2D eigenvalue weighted by Crippen LogP contribution is -2.53. The summed E-state index contributed by atoms with van der Waals surface area (Å²) in [6.45, 7) is 1.38. The molecule has 2 amide bonds. The number of rotatable bonds is 4. The van der Waals surface area contributed by atoms with Crippen molar-refractivity contribution >= 4 is 23.5 Å². The van der Waals surface area contributed by atoms with E-state index < -0.39 is 12.1 Å². The van der Waals surface area contributed by atoms with Gasteiger partial charge in [-0.1, -0.05) is 0 Å². The van der Waals surface area contributed by atoms with Gasteiger partial charge in [-0.05, 0) is 43.9 Å². The van der Waals surface area contributed by atoms with Crippen molar-refractivity contribution in [2.75, 3.05) is 32.2 Å². The molecule has 2 N–H and O–H groups in total. The number of likely N-dealkylation sites (N-methyl/N-ethyl adjacent to an activating group) is 1. The van der Waals surface area contributed by atoms with Gasteiger partial charge >= 0.3 is 5.97 Å². The Kier molecular flexibility index (Phi) is 6.43. The van der Waals surface area contributed by atoms with E-state index in [9.17, 15) is 14.4 Å². The van der Waals surface area contributed by atoms with Crippen LogP contribution >= 0.6 is 0 Å². The first kappa shape index (κ1) is 21.6. The maximum absolute atomic E-state index is 13.2. The molecule has 0 aromatic heterocycles. The highest BCUT2D eigenvalue weighted by molar-refractivity contribution is 6.00. The first-order valence-corrected chi connectivity index (χ1v) is 10.7. The van der Waals surface area contributed by atoms with E-state index in [1.54, 1.807) is 30.1 Å². The van der Waals surface area contributed by atoms with Gasteiger partial charge in [-0.25, -0.2) is 0 Å². The van der Waals surface area contributed by atoms with E-state index in [1.807, 2.05) is 0 Å². The van der Waals surface area contributed by atoms with E-state index in [2.05, 4.69) is 5.32 Å². The number of nitrogens with zero attached hydrogens (tertiary/aromatic N) is 1. The van der Waals surface area contributed by atoms with Gasteiger partial charge in [0.25, 0.3) is 5.91 Å². The lowest BCUT2D eigenvalue weighted by Gasteiger charge is -2.42. The summed E-state index contributed by atoms with van der Waals surface area (Å²) in [5, 5.41) is 12.0. The van der Waals surface area contributed by atoms with Crippen molar-refractivity contribution in [3.8, 4) is 5.75 Å². The Morgan fingerprint density at radius 1 is 1.19 bits per heavy atom. The molecule has 0 aliphatic carbocycles. The van der Waals surface area contributed by atoms with Gasteiger partial charge in [0.2, 0.25) is 5.91 Å². The number of carbonyl (C=O) groups is 3. The largest absolute Gasteiger partial charge is 0.490 e. The number of ether oxygens (including phenoxy) is 3. The summed E-state index contributed by atoms with van der Waals surface area (Å²) in [4.78, 5) is 38.4. The zero-order valence-corrected chi connectivity index (χ0v) is 17.5. The van der Waals surface area contributed by atoms with Crippen molar-refractivity contribution in [1.29, 1.82) is 0 Å². The number of carbonyl (C=O) groups excluding carboxylic acids is 2. The first-order valence-electron chi connectivity index (χ1n) is 10.7. The molecule has 3 aliphatic rings. The highest BCUT2D eigenvalue weighted by Crippen LogP contribution is 2.32. The molecule has 0 spiro atoms. The SMILES string of the molecule is CN1C(=O)c2cc(NC(=O)C3CCOCC3)ccc2OC[C@H]2O[C@@H](CC(=O)O)CC[C@@H]21. The number of carboxylic acids is 1. The lowest BCUT2D eigenvalue weighted by atomic mass is 9.94. The predicted octanol–water partition coefficient (Wildman–Crippen LogP) is 1.91. The molecule has 0 radical (unpaired) electrons. The highest BCUT2D eigenvalue weighted by atomic mass is 16.5. The molecule has 2 saturated heterocycles. The van der Waals surface area contributed by atoms with Crippen LogP contribution in [0.3, 0.4) is 0 Å². The molecular weight excluding hydrogens is 404 g/mol. The summed E-state index contributed by atoms with van der Waals surface area (Å²) >= 11 is 0. The molecule has 4 rings (SSSR count). The van der Waals surface area contributed by atoms with Gasteiger partial charge in [-0.3, -0.25) is 14.4 Å². The third-order valence-electron chi connectivity index (χ3n) is 6.27. The maximum Gasteiger partial charge on any atom is 0.305 e. The minimum Gasteiger partial charge on any atom is -0.490 e. The van der Waals surface area contributed by atoms with Crippen molar-refractivity contribution in [1.82, 2.24) is 4.90 Å². The first-order chi connectivity index (χ1) is 14.9. The molecular formula is C22H28N2O7. The van der Waals surface area contributed by atoms with Crippen LogP contribution in [0.25, 0.3) is 0 Å². The molecule has 31 heavy (non-hydrogen) atoms. The Balaban J connectivity index is 1.49. The highest BCUT2D eigenvalue weighted by Gasteiger charge is 2.39. The van der Waals surface area contributed by atoms with Gasteiger partial charge in [-0.2, -0.15) is 0 Å². The third-order valence-corrected chi connectivity index (χ3v) is 6.27. The third kappa shape index (κ3) is 4.83. The van der Waals surface area contributed by atoms with Crippen molar-refractivity contribution < 1.29 is 33.7 Å². The van der Waals surface area contributed by atoms with Crippen LogP contribution < -0.4 is 10.1 Å². The van der Waals surface area contributed by atoms with Crippen LogP contribution in [-0.2, 0) is 19.1 Å². The number of hydrogen-bond donors (Lipinski definition) is 2. The normalized spacial score (nSPS) is 26.7. The van der Waals surface area contributed by atoms with Crippen LogP contribution in [0.2, 0.25) is 0 Å². The predicted molar refractivity (Wildman–Crippen MR) is 110 cm³/mol. The Hall–Kier alpha value is -2.65. The van der Waals surface area contributed by atoms with Crippen LogP contribution in [0.5, 0.6) is 5.75 Å². The minimum absolute atomic E-state index is 0.0619. The van der Waals surface area contributed by atoms with Gasteiger partial charge in [0.15, 0.2) is 0 Å². The van der Waals surface area contributed by atoms with E-state index >= 15 is 0 Å². The van der Waals surface area contributed by atoms with E-state index in [-0.39, 0.29) is 42.9 Å². The van der Waals surface area contributed by atoms with E-state index in [0.717, 1.165) is 0 Å². The van der Waals surface area contributed by atoms with E-state index in [0.29, 0.717) is 55.9 Å². The summed E-state index contributed by atoms with van der Waals surface area (Å²) in [5.74, 6) is -0.860. The fraction of sp³-hybridized carbons (Fsp3) is 0.591. The summed E-state index contributed by atoms with van der Waals surface area (Å²) in [7, 11) is 1.73. The molecule has 0 unspecified atom stereocenters. The molecule has 3 heterocycles. The fourth-order valence-corrected chi connectivity index (χ4v) is 4.50. The van der Waals surface area contributed by atoms with Gasteiger partial charge in [-0.15, -0.1) is 0 Å². The molecule has 9 heteroatoms. The minimum atomic E-state index is -0.902. The zero-order valence-electron chi connectivity index (χ0n) is 17.5. The molecule has 0 saturated carbocycles. The molecule has 1 aromatic carbocycles. The number of anilines is 1. The summed E-state index contributed by atoms with van der Waals surface area (Å²) in [5.41, 5.74) is 0.942. The topological polar surface area (TPSA) is 114 Å². The number of carboxylic acid groups (broad SMARTS) is 1. The average Bonchev–Trinajstić information content (AvgIpc) is 2.77. The summed E-state index contributed by atoms with van der Waals surface area (Å²) < 4.78 is 17.2. The van der Waals surface area contributed by atoms with Crippen molar-refractivity contribution in [3.63, 3.8) is 0 Å². The lowest BCUT2D eigenvalue weighted by molar-refractivity contribution is -0.148. The standard InChI is InChI=1S/C22H28N2O7/c1-24-17-4-3-15(11-20(25)26)31-19(17)12-30-18-5-2-14(10-16(18)22(24)28)23-21(27)13-6-8-29-9-7-13/h2,5,10,13,15,17,19H,3-4,6-9,11-12H2,1H3,(H,23,27)(H,25,26)/t15-,17+,19-/m1/s1. The van der Waals surface area contributed by atoms with Crippen LogP contribution in [0.15, 0.2) is 18.2 Å². The number of benzene rings is 1. The Morgan fingerprint density at radius 2 is 1.97 bits per heavy atom. The molecule has 3 aliphatic heterocycles. The van der Waals surface area contributed by atoms with Crippen molar-refractivity contribution in [2.45, 2.75) is 50.4 Å². The Morgan fingerprint density at radius 3 is 2.71 bits per heavy atom. The van der Waals surface area contributed by atoms with Crippen molar-refractivity contribution in [2.24, 2.45) is 5.92 Å². The monoisotopic (exact) mass is 432 g/mol. The Bertz CT molecular complexity index is 852. The van der Waals surface area contributed by atoms with Gasteiger partial charge < -0.3 is 29.5 Å². The fourth-order valence-electron chi connectivity index (χ4n) is 4.50. The second-order valence-corrected chi connectivity index (χ2v) is 8.35. The molecule has 3 atom stereocenters. The van der Waals surface area contributed by atoms with E-state index in [4.69, 9.17) is 19.3 Å². The quantitative estimate of drug-likeness (QED) is 0.747. The van der Waals surface area contributed by atoms with Crippen LogP contribution in [0.4, 0.5) is 5.69 Å². The van der Waals surface area contributed by atoms with E-state index in [1.165, 1.54) is 0 Å². The number of amides is 2. The van der Waals surface area contributed by atoms with Crippen LogP contribution in [-0.4, -0.2) is 72.9 Å². The molecule has 1 aromatic rings. The second-order valence-electron chi connectivity index (χ2n) is 8.35. The second kappa shape index (κ2) is 9.23. The number of aliphatic carboxylic acids is 1. The van der Waals surface area contributed by atoms with Gasteiger partial charge in [0.1, 0.15) is 18.5 Å². The van der Waals surface area contributed by atoms with Gasteiger partial charge in [0, 0.05) is 31.9 Å². The Labute approximate surface area is 180 Å². The average molecular weight is 432 g/mol. The molecule has 168 valence electrons. The van der Waals surface area contributed by atoms with Crippen LogP contribution in [0.1, 0.15) is 42.5 Å². The smallest absolute Gasteiger partial charge is 0.305 e. The summed E-state index contributed by atoms with van der Waals surface area (Å²) in [6, 6.07) is 4.85.